The van der Waals surface area contributed by atoms with Gasteiger partial charge in [-0.15, -0.1) is 36.2 Å². The van der Waals surface area contributed by atoms with Crippen molar-refractivity contribution in [1.82, 2.24) is 14.8 Å². The van der Waals surface area contributed by atoms with Gasteiger partial charge in [-0.3, -0.25) is 9.80 Å². The molecule has 0 radical (unpaired) electrons. The van der Waals surface area contributed by atoms with E-state index in [2.05, 4.69) is 70.5 Å². The van der Waals surface area contributed by atoms with Gasteiger partial charge in [0, 0.05) is 44.1 Å². The molecule has 1 amide bonds. The van der Waals surface area contributed by atoms with E-state index in [1.807, 2.05) is 5.38 Å². The first-order valence-electron chi connectivity index (χ1n) is 12.7. The van der Waals surface area contributed by atoms with Crippen molar-refractivity contribution in [2.24, 2.45) is 0 Å². The first-order valence-corrected chi connectivity index (χ1v) is 13.6. The van der Waals surface area contributed by atoms with Crippen LogP contribution in [-0.4, -0.2) is 58.2 Å². The van der Waals surface area contributed by atoms with Crippen molar-refractivity contribution in [2.45, 2.75) is 50.7 Å². The Labute approximate surface area is 236 Å². The van der Waals surface area contributed by atoms with E-state index >= 15 is 0 Å². The van der Waals surface area contributed by atoms with Crippen LogP contribution in [0.25, 0.3) is 0 Å². The van der Waals surface area contributed by atoms with E-state index < -0.39 is 6.09 Å². The molecule has 2 aliphatic rings. The van der Waals surface area contributed by atoms with Gasteiger partial charge in [-0.2, -0.15) is 0 Å². The lowest BCUT2D eigenvalue weighted by Crippen LogP contribution is -2.47. The molecule has 1 saturated carbocycles. The molecule has 0 unspecified atom stereocenters. The molecule has 0 spiro atoms. The van der Waals surface area contributed by atoms with Crippen molar-refractivity contribution in [3.63, 3.8) is 0 Å². The van der Waals surface area contributed by atoms with Crippen molar-refractivity contribution >= 4 is 47.4 Å². The van der Waals surface area contributed by atoms with Crippen LogP contribution in [-0.2, 0) is 6.54 Å². The van der Waals surface area contributed by atoms with Crippen molar-refractivity contribution in [3.05, 3.63) is 82.9 Å². The summed E-state index contributed by atoms with van der Waals surface area (Å²) in [7, 11) is 0. The monoisotopic (exact) mass is 562 g/mol. The highest BCUT2D eigenvalue weighted by Crippen LogP contribution is 2.32. The largest absolute Gasteiger partial charge is 0.465 e. The first kappa shape index (κ1) is 29.4. The Hall–Kier alpha value is -2.16. The van der Waals surface area contributed by atoms with E-state index in [1.165, 1.54) is 33.8 Å². The molecule has 1 aromatic heterocycles. The summed E-state index contributed by atoms with van der Waals surface area (Å²) in [6.07, 6.45) is 4.40. The molecule has 37 heavy (non-hydrogen) atoms. The number of hydrogen-bond acceptors (Lipinski definition) is 5. The molecular formula is C28H36Cl2N4O2S. The minimum atomic E-state index is -0.876. The highest BCUT2D eigenvalue weighted by Gasteiger charge is 2.30. The van der Waals surface area contributed by atoms with Crippen LogP contribution in [0, 0.1) is 0 Å². The number of amides is 1. The molecule has 1 N–H and O–H groups in total. The molecule has 1 saturated heterocycles. The van der Waals surface area contributed by atoms with Crippen molar-refractivity contribution < 1.29 is 9.90 Å². The number of hydrogen-bond donors (Lipinski definition) is 1. The fourth-order valence-corrected chi connectivity index (χ4v) is 6.39. The Morgan fingerprint density at radius 3 is 2.03 bits per heavy atom. The number of piperazine rings is 1. The van der Waals surface area contributed by atoms with Crippen LogP contribution in [0.2, 0.25) is 0 Å². The molecule has 2 aromatic carbocycles. The lowest BCUT2D eigenvalue weighted by atomic mass is 9.95. The zero-order valence-electron chi connectivity index (χ0n) is 20.9. The smallest absolute Gasteiger partial charge is 0.413 e. The van der Waals surface area contributed by atoms with E-state index in [4.69, 9.17) is 4.98 Å². The minimum Gasteiger partial charge on any atom is -0.465 e. The van der Waals surface area contributed by atoms with Gasteiger partial charge in [0.1, 0.15) is 0 Å². The highest BCUT2D eigenvalue weighted by molar-refractivity contribution is 7.14. The lowest BCUT2D eigenvalue weighted by Gasteiger charge is -2.39. The van der Waals surface area contributed by atoms with E-state index in [-0.39, 0.29) is 36.9 Å². The van der Waals surface area contributed by atoms with Gasteiger partial charge in [0.25, 0.3) is 0 Å². The molecule has 1 aliphatic carbocycles. The summed E-state index contributed by atoms with van der Waals surface area (Å²) < 4.78 is 0. The number of carboxylic acid groups (broad SMARTS) is 1. The summed E-state index contributed by atoms with van der Waals surface area (Å²) in [5, 5.41) is 12.5. The number of nitrogens with zero attached hydrogens (tertiary/aromatic N) is 4. The number of benzene rings is 2. The Kier molecular flexibility index (Phi) is 11.2. The fourth-order valence-electron chi connectivity index (χ4n) is 5.51. The molecule has 3 aromatic rings. The standard InChI is InChI=1S/C28H34N4O2S.2ClH/c33-28(34)32(25-14-8-3-9-15-25)27-29-24(21-35-27)20-30-16-18-31(19-17-30)26(22-10-4-1-5-11-22)23-12-6-2-7-13-23;;/h1-2,4-7,10-13,21,25-26H,3,8-9,14-20H2,(H,33,34);2*1H. The van der Waals surface area contributed by atoms with E-state index in [1.54, 1.807) is 0 Å². The molecular weight excluding hydrogens is 527 g/mol. The maximum absolute atomic E-state index is 12.0. The number of carbonyl (C=O) groups is 1. The van der Waals surface area contributed by atoms with Gasteiger partial charge in [-0.05, 0) is 24.0 Å². The molecule has 1 aliphatic heterocycles. The first-order chi connectivity index (χ1) is 17.2. The van der Waals surface area contributed by atoms with Gasteiger partial charge in [-0.25, -0.2) is 14.7 Å². The number of aromatic nitrogens is 1. The summed E-state index contributed by atoms with van der Waals surface area (Å²) in [5.41, 5.74) is 3.63. The minimum absolute atomic E-state index is 0. The lowest BCUT2D eigenvalue weighted by molar-refractivity contribution is 0.104. The predicted molar refractivity (Wildman–Crippen MR) is 156 cm³/mol. The van der Waals surface area contributed by atoms with E-state index in [9.17, 15) is 9.90 Å². The summed E-state index contributed by atoms with van der Waals surface area (Å²) in [6, 6.07) is 21.8. The third-order valence-electron chi connectivity index (χ3n) is 7.28. The van der Waals surface area contributed by atoms with Gasteiger partial charge in [0.15, 0.2) is 5.13 Å². The van der Waals surface area contributed by atoms with Crippen LogP contribution in [0.15, 0.2) is 66.0 Å². The maximum atomic E-state index is 12.0. The summed E-state index contributed by atoms with van der Waals surface area (Å²) in [5.74, 6) is 0. The highest BCUT2D eigenvalue weighted by atomic mass is 35.5. The van der Waals surface area contributed by atoms with Gasteiger partial charge >= 0.3 is 6.09 Å². The Bertz CT molecular complexity index is 1050. The Morgan fingerprint density at radius 1 is 0.919 bits per heavy atom. The zero-order valence-corrected chi connectivity index (χ0v) is 23.4. The van der Waals surface area contributed by atoms with Crippen molar-refractivity contribution in [2.75, 3.05) is 31.1 Å². The number of anilines is 1. The van der Waals surface area contributed by atoms with E-state index in [0.717, 1.165) is 64.1 Å². The van der Waals surface area contributed by atoms with Gasteiger partial charge in [0.05, 0.1) is 11.7 Å². The van der Waals surface area contributed by atoms with Crippen molar-refractivity contribution in [1.29, 1.82) is 0 Å². The predicted octanol–water partition coefficient (Wildman–Crippen LogP) is 6.71. The molecule has 200 valence electrons. The molecule has 0 bridgehead atoms. The second-order valence-corrected chi connectivity index (χ2v) is 10.4. The molecule has 0 atom stereocenters. The molecule has 6 nitrogen and oxygen atoms in total. The SMILES string of the molecule is Cl.Cl.O=C(O)N(c1nc(CN2CCN(C(c3ccccc3)c3ccccc3)CC2)cs1)C1CCCCC1. The van der Waals surface area contributed by atoms with Crippen LogP contribution in [0.1, 0.15) is 55.0 Å². The summed E-state index contributed by atoms with van der Waals surface area (Å²) in [6.45, 7) is 4.66. The van der Waals surface area contributed by atoms with Crippen LogP contribution in [0.4, 0.5) is 9.93 Å². The van der Waals surface area contributed by atoms with Gasteiger partial charge < -0.3 is 5.11 Å². The second kappa shape index (κ2) is 14.1. The molecule has 9 heteroatoms. The Balaban J connectivity index is 0.00000190. The summed E-state index contributed by atoms with van der Waals surface area (Å²) in [4.78, 5) is 23.3. The number of thiazole rings is 1. The maximum Gasteiger partial charge on any atom is 0.413 e. The van der Waals surface area contributed by atoms with Crippen LogP contribution in [0.3, 0.4) is 0 Å². The van der Waals surface area contributed by atoms with Gasteiger partial charge in [0.2, 0.25) is 0 Å². The van der Waals surface area contributed by atoms with Gasteiger partial charge in [-0.1, -0.05) is 79.9 Å². The van der Waals surface area contributed by atoms with Crippen LogP contribution < -0.4 is 4.90 Å². The van der Waals surface area contributed by atoms with Crippen molar-refractivity contribution in [3.8, 4) is 0 Å². The fraction of sp³-hybridized carbons (Fsp3) is 0.429. The molecule has 2 heterocycles. The number of halogens is 2. The summed E-state index contributed by atoms with van der Waals surface area (Å²) >= 11 is 1.47. The quantitative estimate of drug-likeness (QED) is 0.346. The molecule has 5 rings (SSSR count). The number of rotatable bonds is 7. The zero-order chi connectivity index (χ0) is 24.0. The third-order valence-corrected chi connectivity index (χ3v) is 8.17. The van der Waals surface area contributed by atoms with Crippen LogP contribution >= 0.6 is 36.2 Å². The topological polar surface area (TPSA) is 59.9 Å². The third kappa shape index (κ3) is 7.24. The Morgan fingerprint density at radius 2 is 1.49 bits per heavy atom. The molecule has 2 fully saturated rings. The average molecular weight is 564 g/mol. The van der Waals surface area contributed by atoms with E-state index in [0.29, 0.717) is 5.13 Å². The normalized spacial score (nSPS) is 17.1. The second-order valence-electron chi connectivity index (χ2n) is 9.60. The average Bonchev–Trinajstić information content (AvgIpc) is 3.35. The van der Waals surface area contributed by atoms with Crippen LogP contribution in [0.5, 0.6) is 0 Å².